The lowest BCUT2D eigenvalue weighted by atomic mass is 10.1. The van der Waals surface area contributed by atoms with Crippen LogP contribution in [0.5, 0.6) is 0 Å². The summed E-state index contributed by atoms with van der Waals surface area (Å²) >= 11 is 5.92. The number of benzene rings is 2. The van der Waals surface area contributed by atoms with Crippen LogP contribution < -0.4 is 0 Å². The van der Waals surface area contributed by atoms with Crippen LogP contribution in [-0.4, -0.2) is 27.5 Å². The van der Waals surface area contributed by atoms with Crippen LogP contribution in [0.1, 0.15) is 17.4 Å². The van der Waals surface area contributed by atoms with Crippen LogP contribution in [0.15, 0.2) is 54.7 Å². The van der Waals surface area contributed by atoms with E-state index in [1.165, 1.54) is 30.5 Å². The molecule has 0 aliphatic heterocycles. The maximum atomic E-state index is 12.3. The second-order valence-corrected chi connectivity index (χ2v) is 5.92. The van der Waals surface area contributed by atoms with Gasteiger partial charge in [-0.1, -0.05) is 23.7 Å². The van der Waals surface area contributed by atoms with Crippen LogP contribution >= 0.6 is 11.6 Å². The van der Waals surface area contributed by atoms with Gasteiger partial charge in [-0.05, 0) is 31.2 Å². The first-order valence-corrected chi connectivity index (χ1v) is 8.42. The molecule has 0 spiro atoms. The summed E-state index contributed by atoms with van der Waals surface area (Å²) in [5.41, 5.74) is 2.10. The lowest BCUT2D eigenvalue weighted by molar-refractivity contribution is -0.384. The first-order valence-electron chi connectivity index (χ1n) is 8.04. The fourth-order valence-corrected chi connectivity index (χ4v) is 2.57. The lowest BCUT2D eigenvalue weighted by Crippen LogP contribution is -2.10. The molecular formula is C19H14ClN3O4. The second-order valence-electron chi connectivity index (χ2n) is 5.48. The van der Waals surface area contributed by atoms with Gasteiger partial charge in [0.25, 0.3) is 5.69 Å². The quantitative estimate of drug-likeness (QED) is 0.364. The van der Waals surface area contributed by atoms with E-state index in [2.05, 4.69) is 9.97 Å². The summed E-state index contributed by atoms with van der Waals surface area (Å²) in [6, 6.07) is 12.8. The fraction of sp³-hybridized carbons (Fsp3) is 0.105. The van der Waals surface area contributed by atoms with Gasteiger partial charge in [-0.15, -0.1) is 0 Å². The highest BCUT2D eigenvalue weighted by Gasteiger charge is 2.19. The Hall–Kier alpha value is -3.32. The molecule has 1 aromatic heterocycles. The zero-order valence-corrected chi connectivity index (χ0v) is 15.0. The van der Waals surface area contributed by atoms with E-state index in [4.69, 9.17) is 16.3 Å². The van der Waals surface area contributed by atoms with Crippen molar-refractivity contribution in [2.75, 3.05) is 6.61 Å². The number of carbonyl (C=O) groups is 1. The van der Waals surface area contributed by atoms with Crippen molar-refractivity contribution in [3.05, 3.63) is 75.6 Å². The molecule has 7 nitrogen and oxygen atoms in total. The van der Waals surface area contributed by atoms with E-state index in [0.717, 1.165) is 5.56 Å². The predicted octanol–water partition coefficient (Wildman–Crippen LogP) is 4.55. The Balaban J connectivity index is 2.11. The average molecular weight is 384 g/mol. The van der Waals surface area contributed by atoms with Crippen molar-refractivity contribution in [3.8, 4) is 22.5 Å². The zero-order valence-electron chi connectivity index (χ0n) is 14.3. The number of nitrogens with zero attached hydrogens (tertiary/aromatic N) is 3. The molecular weight excluding hydrogens is 370 g/mol. The maximum absolute atomic E-state index is 12.3. The molecule has 0 fully saturated rings. The predicted molar refractivity (Wildman–Crippen MR) is 101 cm³/mol. The number of nitro groups is 1. The number of aromatic nitrogens is 2. The van der Waals surface area contributed by atoms with Gasteiger partial charge in [0.2, 0.25) is 0 Å². The third-order valence-corrected chi connectivity index (χ3v) is 3.98. The third-order valence-electron chi connectivity index (χ3n) is 3.73. The van der Waals surface area contributed by atoms with Gasteiger partial charge in [0, 0.05) is 28.3 Å². The molecule has 0 saturated carbocycles. The highest BCUT2D eigenvalue weighted by atomic mass is 35.5. The Morgan fingerprint density at radius 2 is 1.74 bits per heavy atom. The molecule has 3 aromatic rings. The first-order chi connectivity index (χ1) is 13.0. The molecule has 0 unspecified atom stereocenters. The summed E-state index contributed by atoms with van der Waals surface area (Å²) in [4.78, 5) is 31.4. The van der Waals surface area contributed by atoms with Crippen molar-refractivity contribution in [1.82, 2.24) is 9.97 Å². The van der Waals surface area contributed by atoms with Gasteiger partial charge in [0.05, 0.1) is 23.4 Å². The van der Waals surface area contributed by atoms with E-state index in [1.807, 2.05) is 0 Å². The minimum atomic E-state index is -0.610. The number of halogens is 1. The summed E-state index contributed by atoms with van der Waals surface area (Å²) < 4.78 is 5.05. The molecule has 0 aliphatic carbocycles. The van der Waals surface area contributed by atoms with Crippen molar-refractivity contribution >= 4 is 23.3 Å². The largest absolute Gasteiger partial charge is 0.461 e. The molecule has 0 amide bonds. The molecule has 2 aromatic carbocycles. The highest BCUT2D eigenvalue weighted by molar-refractivity contribution is 6.30. The third kappa shape index (κ3) is 4.09. The van der Waals surface area contributed by atoms with Crippen LogP contribution in [0.3, 0.4) is 0 Å². The SMILES string of the molecule is CCOC(=O)c1ncc(-c2ccc(Cl)cc2)nc1-c1ccc([N+](=O)[O-])cc1. The number of esters is 1. The highest BCUT2D eigenvalue weighted by Crippen LogP contribution is 2.27. The van der Waals surface area contributed by atoms with E-state index in [9.17, 15) is 14.9 Å². The van der Waals surface area contributed by atoms with Gasteiger partial charge in [-0.25, -0.2) is 14.8 Å². The zero-order chi connectivity index (χ0) is 19.4. The lowest BCUT2D eigenvalue weighted by Gasteiger charge is -2.10. The van der Waals surface area contributed by atoms with Crippen molar-refractivity contribution in [2.24, 2.45) is 0 Å². The number of rotatable bonds is 5. The Morgan fingerprint density at radius 1 is 1.11 bits per heavy atom. The molecule has 0 atom stereocenters. The van der Waals surface area contributed by atoms with E-state index in [1.54, 1.807) is 31.2 Å². The number of nitro benzene ring substituents is 1. The number of hydrogen-bond donors (Lipinski definition) is 0. The minimum absolute atomic E-state index is 0.0448. The molecule has 0 radical (unpaired) electrons. The van der Waals surface area contributed by atoms with Crippen LogP contribution in [0.4, 0.5) is 5.69 Å². The van der Waals surface area contributed by atoms with Crippen molar-refractivity contribution in [1.29, 1.82) is 0 Å². The van der Waals surface area contributed by atoms with Gasteiger partial charge in [0.15, 0.2) is 5.69 Å². The number of hydrogen-bond acceptors (Lipinski definition) is 6. The standard InChI is InChI=1S/C19H14ClN3O4/c1-2-27-19(24)18-17(13-5-9-15(10-6-13)23(25)26)22-16(11-21-18)12-3-7-14(20)8-4-12/h3-11H,2H2,1H3. The molecule has 0 N–H and O–H groups in total. The van der Waals surface area contributed by atoms with Crippen LogP contribution in [0.2, 0.25) is 5.02 Å². The van der Waals surface area contributed by atoms with E-state index in [0.29, 0.717) is 16.3 Å². The van der Waals surface area contributed by atoms with E-state index < -0.39 is 10.9 Å². The summed E-state index contributed by atoms with van der Waals surface area (Å²) in [5, 5.41) is 11.5. The smallest absolute Gasteiger partial charge is 0.359 e. The van der Waals surface area contributed by atoms with Crippen molar-refractivity contribution in [3.63, 3.8) is 0 Å². The van der Waals surface area contributed by atoms with E-state index in [-0.39, 0.29) is 23.7 Å². The topological polar surface area (TPSA) is 95.2 Å². The van der Waals surface area contributed by atoms with Crippen molar-refractivity contribution in [2.45, 2.75) is 6.92 Å². The minimum Gasteiger partial charge on any atom is -0.461 e. The molecule has 0 aliphatic rings. The summed E-state index contributed by atoms with van der Waals surface area (Å²) in [6.07, 6.45) is 1.48. The maximum Gasteiger partial charge on any atom is 0.359 e. The van der Waals surface area contributed by atoms with Crippen LogP contribution in [-0.2, 0) is 4.74 Å². The average Bonchev–Trinajstić information content (AvgIpc) is 2.68. The second kappa shape index (κ2) is 7.92. The van der Waals surface area contributed by atoms with Crippen LogP contribution in [0, 0.1) is 10.1 Å². The molecule has 3 rings (SSSR count). The number of non-ortho nitro benzene ring substituents is 1. The van der Waals surface area contributed by atoms with Crippen molar-refractivity contribution < 1.29 is 14.5 Å². The Morgan fingerprint density at radius 3 is 2.33 bits per heavy atom. The fourth-order valence-electron chi connectivity index (χ4n) is 2.44. The van der Waals surface area contributed by atoms with Gasteiger partial charge < -0.3 is 4.74 Å². The van der Waals surface area contributed by atoms with Crippen LogP contribution in [0.25, 0.3) is 22.5 Å². The van der Waals surface area contributed by atoms with E-state index >= 15 is 0 Å². The molecule has 1 heterocycles. The Bertz CT molecular complexity index is 989. The molecule has 27 heavy (non-hydrogen) atoms. The van der Waals surface area contributed by atoms with Gasteiger partial charge in [0.1, 0.15) is 5.69 Å². The molecule has 136 valence electrons. The number of ether oxygens (including phenoxy) is 1. The normalized spacial score (nSPS) is 10.4. The molecule has 8 heteroatoms. The van der Waals surface area contributed by atoms with Gasteiger partial charge in [-0.2, -0.15) is 0 Å². The Kier molecular flexibility index (Phi) is 5.42. The number of carbonyl (C=O) groups excluding carboxylic acids is 1. The molecule has 0 saturated heterocycles. The first kappa shape index (κ1) is 18.5. The molecule has 0 bridgehead atoms. The van der Waals surface area contributed by atoms with Gasteiger partial charge in [-0.3, -0.25) is 10.1 Å². The van der Waals surface area contributed by atoms with Gasteiger partial charge >= 0.3 is 5.97 Å². The summed E-state index contributed by atoms with van der Waals surface area (Å²) in [7, 11) is 0. The summed E-state index contributed by atoms with van der Waals surface area (Å²) in [6.45, 7) is 1.89. The summed E-state index contributed by atoms with van der Waals surface area (Å²) in [5.74, 6) is -0.610. The Labute approximate surface area is 159 Å². The monoisotopic (exact) mass is 383 g/mol.